The Bertz CT molecular complexity index is 945. The zero-order valence-corrected chi connectivity index (χ0v) is 20.1. The van der Waals surface area contributed by atoms with Crippen LogP contribution in [0.25, 0.3) is 0 Å². The Balaban J connectivity index is 2.09. The Kier molecular flexibility index (Phi) is 9.35. The molecule has 2 rings (SSSR count). The van der Waals surface area contributed by atoms with Crippen LogP contribution in [0.3, 0.4) is 0 Å². The highest BCUT2D eigenvalue weighted by molar-refractivity contribution is 5.99. The molecule has 1 saturated heterocycles. The molecule has 11 nitrogen and oxygen atoms in total. The minimum atomic E-state index is -1.13. The summed E-state index contributed by atoms with van der Waals surface area (Å²) >= 11 is 0. The summed E-state index contributed by atoms with van der Waals surface area (Å²) in [4.78, 5) is 51.1. The third kappa shape index (κ3) is 7.40. The van der Waals surface area contributed by atoms with E-state index in [1.807, 2.05) is 13.8 Å². The van der Waals surface area contributed by atoms with Gasteiger partial charge in [0.25, 0.3) is 5.91 Å². The van der Waals surface area contributed by atoms with E-state index in [1.165, 1.54) is 13.2 Å². The molecule has 0 bridgehead atoms. The minimum absolute atomic E-state index is 0.00449. The molecular formula is C23H32N4O7. The van der Waals surface area contributed by atoms with E-state index in [1.54, 1.807) is 13.8 Å². The lowest BCUT2D eigenvalue weighted by Crippen LogP contribution is -2.57. The summed E-state index contributed by atoms with van der Waals surface area (Å²) < 4.78 is 15.1. The van der Waals surface area contributed by atoms with Crippen LogP contribution in [0.15, 0.2) is 10.6 Å². The first-order chi connectivity index (χ1) is 16.0. The van der Waals surface area contributed by atoms with Crippen molar-refractivity contribution in [1.82, 2.24) is 21.1 Å². The maximum atomic E-state index is 13.0. The lowest BCUT2D eigenvalue weighted by atomic mass is 9.93. The van der Waals surface area contributed by atoms with Crippen LogP contribution in [0.5, 0.6) is 0 Å². The fraction of sp³-hybridized carbons (Fsp3) is 0.609. The topological polar surface area (TPSA) is 152 Å². The van der Waals surface area contributed by atoms with Gasteiger partial charge in [-0.2, -0.15) is 0 Å². The van der Waals surface area contributed by atoms with Crippen molar-refractivity contribution in [3.05, 3.63) is 17.5 Å². The van der Waals surface area contributed by atoms with Gasteiger partial charge in [0.2, 0.25) is 11.8 Å². The molecule has 34 heavy (non-hydrogen) atoms. The van der Waals surface area contributed by atoms with Crippen molar-refractivity contribution in [2.75, 3.05) is 20.3 Å². The second kappa shape index (κ2) is 11.8. The summed E-state index contributed by atoms with van der Waals surface area (Å²) in [5, 5.41) is 11.4. The largest absolute Gasteiger partial charge is 0.382 e. The molecule has 1 aliphatic rings. The molecule has 1 aromatic rings. The number of Topliss-reactive ketones (excluding diaryl/α,β-unsaturated/α-hetero) is 1. The Morgan fingerprint density at radius 2 is 1.79 bits per heavy atom. The van der Waals surface area contributed by atoms with Crippen molar-refractivity contribution in [3.63, 3.8) is 0 Å². The molecule has 4 atom stereocenters. The number of ketones is 1. The van der Waals surface area contributed by atoms with Gasteiger partial charge in [0.15, 0.2) is 11.5 Å². The van der Waals surface area contributed by atoms with Crippen molar-refractivity contribution in [3.8, 4) is 12.3 Å². The summed E-state index contributed by atoms with van der Waals surface area (Å²) in [5.41, 5.74) is -0.916. The lowest BCUT2D eigenvalue weighted by molar-refractivity contribution is -0.133. The van der Waals surface area contributed by atoms with Gasteiger partial charge in [-0.1, -0.05) is 19.0 Å². The van der Waals surface area contributed by atoms with Gasteiger partial charge in [-0.15, -0.1) is 12.3 Å². The van der Waals surface area contributed by atoms with Crippen molar-refractivity contribution in [2.45, 2.75) is 64.3 Å². The van der Waals surface area contributed by atoms with E-state index < -0.39 is 41.4 Å². The Hall–Kier alpha value is -3.23. The first kappa shape index (κ1) is 27.0. The molecule has 1 aromatic heterocycles. The number of aryl methyl sites for hydroxylation is 1. The lowest BCUT2D eigenvalue weighted by Gasteiger charge is -2.25. The van der Waals surface area contributed by atoms with Gasteiger partial charge in [0, 0.05) is 19.6 Å². The van der Waals surface area contributed by atoms with Gasteiger partial charge in [-0.25, -0.2) is 0 Å². The summed E-state index contributed by atoms with van der Waals surface area (Å²) in [7, 11) is 1.36. The van der Waals surface area contributed by atoms with Crippen LogP contribution in [0.4, 0.5) is 0 Å². The molecule has 11 heteroatoms. The summed E-state index contributed by atoms with van der Waals surface area (Å²) in [6.07, 6.45) is 5.69. The van der Waals surface area contributed by atoms with Gasteiger partial charge in [-0.05, 0) is 26.2 Å². The predicted octanol–water partition coefficient (Wildman–Crippen LogP) is 0.125. The fourth-order valence-electron chi connectivity index (χ4n) is 3.25. The quantitative estimate of drug-likeness (QED) is 0.268. The molecule has 1 fully saturated rings. The van der Waals surface area contributed by atoms with Crippen LogP contribution in [-0.2, 0) is 23.9 Å². The van der Waals surface area contributed by atoms with E-state index in [0.717, 1.165) is 0 Å². The Labute approximate surface area is 198 Å². The van der Waals surface area contributed by atoms with Gasteiger partial charge >= 0.3 is 0 Å². The number of terminal acetylenes is 1. The van der Waals surface area contributed by atoms with E-state index >= 15 is 0 Å². The molecular weight excluding hydrogens is 444 g/mol. The van der Waals surface area contributed by atoms with Crippen LogP contribution in [0.1, 0.15) is 49.9 Å². The van der Waals surface area contributed by atoms with Crippen molar-refractivity contribution in [2.24, 2.45) is 5.92 Å². The zero-order valence-electron chi connectivity index (χ0n) is 20.1. The number of hydrogen-bond acceptors (Lipinski definition) is 8. The highest BCUT2D eigenvalue weighted by atomic mass is 16.6. The van der Waals surface area contributed by atoms with Crippen molar-refractivity contribution in [1.29, 1.82) is 0 Å². The Morgan fingerprint density at radius 1 is 1.18 bits per heavy atom. The number of methoxy groups -OCH3 is 1. The molecule has 0 radical (unpaired) electrons. The monoisotopic (exact) mass is 476 g/mol. The SMILES string of the molecule is C#CC[C@H](NC(=O)[C@H](COC)NC(=O)c1cc(C)on1)C(=O)N[C@@H](CC(C)C)C(=O)[C@]1(C)CO1. The van der Waals surface area contributed by atoms with Crippen LogP contribution >= 0.6 is 0 Å². The van der Waals surface area contributed by atoms with Gasteiger partial charge in [-0.3, -0.25) is 19.2 Å². The third-order valence-electron chi connectivity index (χ3n) is 5.21. The predicted molar refractivity (Wildman–Crippen MR) is 121 cm³/mol. The van der Waals surface area contributed by atoms with Crippen LogP contribution in [0.2, 0.25) is 0 Å². The molecule has 0 unspecified atom stereocenters. The highest BCUT2D eigenvalue weighted by Gasteiger charge is 2.50. The summed E-state index contributed by atoms with van der Waals surface area (Å²) in [6.45, 7) is 7.28. The third-order valence-corrected chi connectivity index (χ3v) is 5.21. The average molecular weight is 477 g/mol. The average Bonchev–Trinajstić information content (AvgIpc) is 3.37. The Morgan fingerprint density at radius 3 is 2.29 bits per heavy atom. The molecule has 0 aromatic carbocycles. The normalized spacial score (nSPS) is 19.4. The first-order valence-corrected chi connectivity index (χ1v) is 11.0. The number of carbonyl (C=O) groups is 4. The minimum Gasteiger partial charge on any atom is -0.382 e. The maximum Gasteiger partial charge on any atom is 0.274 e. The molecule has 0 spiro atoms. The van der Waals surface area contributed by atoms with Gasteiger partial charge in [0.1, 0.15) is 23.4 Å². The first-order valence-electron chi connectivity index (χ1n) is 11.0. The number of nitrogens with zero attached hydrogens (tertiary/aromatic N) is 1. The van der Waals surface area contributed by atoms with Gasteiger partial charge in [0.05, 0.1) is 19.3 Å². The number of amides is 3. The summed E-state index contributed by atoms with van der Waals surface area (Å²) in [5.74, 6) is 0.741. The van der Waals surface area contributed by atoms with E-state index in [-0.39, 0.29) is 30.4 Å². The zero-order chi connectivity index (χ0) is 25.5. The fourth-order valence-corrected chi connectivity index (χ4v) is 3.25. The number of epoxide rings is 1. The van der Waals surface area contributed by atoms with E-state index in [9.17, 15) is 19.2 Å². The highest BCUT2D eigenvalue weighted by Crippen LogP contribution is 2.29. The number of carbonyl (C=O) groups excluding carboxylic acids is 4. The number of ether oxygens (including phenoxy) is 2. The molecule has 3 amide bonds. The molecule has 1 aliphatic heterocycles. The number of rotatable bonds is 13. The number of hydrogen-bond donors (Lipinski definition) is 3. The van der Waals surface area contributed by atoms with Crippen molar-refractivity contribution >= 4 is 23.5 Å². The van der Waals surface area contributed by atoms with Crippen LogP contribution in [-0.4, -0.2) is 72.7 Å². The van der Waals surface area contributed by atoms with E-state index in [4.69, 9.17) is 20.4 Å². The second-order valence-corrected chi connectivity index (χ2v) is 8.85. The number of nitrogens with one attached hydrogen (secondary N) is 3. The van der Waals surface area contributed by atoms with Crippen molar-refractivity contribution < 1.29 is 33.2 Å². The molecule has 3 N–H and O–H groups in total. The van der Waals surface area contributed by atoms with Crippen LogP contribution < -0.4 is 16.0 Å². The summed E-state index contributed by atoms with van der Waals surface area (Å²) in [6, 6.07) is -1.63. The molecule has 0 saturated carbocycles. The molecule has 2 heterocycles. The second-order valence-electron chi connectivity index (χ2n) is 8.85. The smallest absolute Gasteiger partial charge is 0.274 e. The van der Waals surface area contributed by atoms with E-state index in [0.29, 0.717) is 18.8 Å². The maximum absolute atomic E-state index is 13.0. The molecule has 0 aliphatic carbocycles. The molecule has 186 valence electrons. The van der Waals surface area contributed by atoms with Crippen LogP contribution in [0, 0.1) is 25.2 Å². The standard InChI is InChI=1S/C23H32N4O7/c1-7-8-15(20(29)25-16(9-13(2)3)19(28)23(5)12-33-23)24-22(31)18(11-32-6)26-21(30)17-10-14(4)34-27-17/h1,10,13,15-16,18H,8-9,11-12H2,2-6H3,(H,24,31)(H,25,29)(H,26,30)/t15-,16-,18-,23-/m0/s1. The van der Waals surface area contributed by atoms with E-state index in [2.05, 4.69) is 27.0 Å². The number of aromatic nitrogens is 1. The van der Waals surface area contributed by atoms with Gasteiger partial charge < -0.3 is 29.9 Å².